The van der Waals surface area contributed by atoms with Gasteiger partial charge in [0.05, 0.1) is 0 Å². The van der Waals surface area contributed by atoms with Crippen LogP contribution in [0.4, 0.5) is 0 Å². The number of hydrogen-bond donors (Lipinski definition) is 0. The first kappa shape index (κ1) is 9.76. The molecule has 0 bridgehead atoms. The number of rotatable bonds is 0. The van der Waals surface area contributed by atoms with E-state index in [0.29, 0.717) is 0 Å². The lowest BCUT2D eigenvalue weighted by atomic mass is 10.1. The normalized spacial score (nSPS) is 12.1. The van der Waals surface area contributed by atoms with Crippen molar-refractivity contribution in [1.82, 2.24) is 9.55 Å². The molecule has 0 radical (unpaired) electrons. The molecule has 0 aliphatic rings. The van der Waals surface area contributed by atoms with Crippen LogP contribution in [-0.2, 0) is 5.54 Å². The van der Waals surface area contributed by atoms with E-state index in [1.54, 1.807) is 0 Å². The fourth-order valence-corrected chi connectivity index (χ4v) is 2.89. The first-order valence-electron chi connectivity index (χ1n) is 3.32. The fourth-order valence-electron chi connectivity index (χ4n) is 0.801. The minimum absolute atomic E-state index is 0.146. The van der Waals surface area contributed by atoms with Crippen LogP contribution in [-0.4, -0.2) is 9.55 Å². The molecule has 11 heavy (non-hydrogen) atoms. The summed E-state index contributed by atoms with van der Waals surface area (Å²) >= 11 is 4.48. The second-order valence-corrected chi connectivity index (χ2v) is 5.44. The van der Waals surface area contributed by atoms with Gasteiger partial charge in [0.1, 0.15) is 3.70 Å². The third-order valence-electron chi connectivity index (χ3n) is 1.36. The lowest BCUT2D eigenvalue weighted by Gasteiger charge is -2.21. The second kappa shape index (κ2) is 3.20. The van der Waals surface area contributed by atoms with Gasteiger partial charge in [0.15, 0.2) is 3.83 Å². The van der Waals surface area contributed by atoms with Crippen LogP contribution in [0.25, 0.3) is 0 Å². The maximum Gasteiger partial charge on any atom is 0.172 e. The van der Waals surface area contributed by atoms with Crippen LogP contribution in [0.3, 0.4) is 0 Å². The Morgan fingerprint density at radius 2 is 1.91 bits per heavy atom. The molecule has 4 heteroatoms. The predicted octanol–water partition coefficient (Wildman–Crippen LogP) is 2.85. The highest BCUT2D eigenvalue weighted by molar-refractivity contribution is 14.1. The molecular formula is C7H10I2N2. The third-order valence-corrected chi connectivity index (χ3v) is 2.64. The van der Waals surface area contributed by atoms with Gasteiger partial charge < -0.3 is 4.57 Å². The predicted molar refractivity (Wildman–Crippen MR) is 62.7 cm³/mol. The lowest BCUT2D eigenvalue weighted by Crippen LogP contribution is -2.22. The van der Waals surface area contributed by atoms with Crippen molar-refractivity contribution in [3.05, 3.63) is 13.7 Å². The van der Waals surface area contributed by atoms with Crippen LogP contribution in [0.15, 0.2) is 6.20 Å². The molecule has 0 spiro atoms. The molecule has 0 aromatic carbocycles. The Kier molecular flexibility index (Phi) is 2.83. The Balaban J connectivity index is 3.13. The molecule has 0 atom stereocenters. The second-order valence-electron chi connectivity index (χ2n) is 3.37. The van der Waals surface area contributed by atoms with E-state index in [1.165, 1.54) is 0 Å². The maximum absolute atomic E-state index is 4.31. The molecule has 0 amide bonds. The quantitative estimate of drug-likeness (QED) is 0.637. The van der Waals surface area contributed by atoms with Crippen LogP contribution in [0, 0.1) is 7.53 Å². The van der Waals surface area contributed by atoms with E-state index in [2.05, 4.69) is 81.7 Å². The summed E-state index contributed by atoms with van der Waals surface area (Å²) in [5.74, 6) is 0. The van der Waals surface area contributed by atoms with E-state index in [0.717, 1.165) is 7.53 Å². The van der Waals surface area contributed by atoms with Crippen molar-refractivity contribution >= 4 is 45.2 Å². The molecular weight excluding hydrogens is 366 g/mol. The first-order valence-corrected chi connectivity index (χ1v) is 5.48. The fraction of sp³-hybridized carbons (Fsp3) is 0.571. The Morgan fingerprint density at radius 3 is 2.09 bits per heavy atom. The molecule has 1 heterocycles. The van der Waals surface area contributed by atoms with Gasteiger partial charge in [-0.25, -0.2) is 4.98 Å². The summed E-state index contributed by atoms with van der Waals surface area (Å²) in [7, 11) is 0. The van der Waals surface area contributed by atoms with E-state index in [1.807, 2.05) is 0 Å². The molecule has 62 valence electrons. The van der Waals surface area contributed by atoms with E-state index in [-0.39, 0.29) is 5.54 Å². The van der Waals surface area contributed by atoms with Crippen molar-refractivity contribution in [2.24, 2.45) is 0 Å². The zero-order valence-corrected chi connectivity index (χ0v) is 11.0. The lowest BCUT2D eigenvalue weighted by molar-refractivity contribution is 0.388. The largest absolute Gasteiger partial charge is 0.320 e. The zero-order chi connectivity index (χ0) is 8.65. The Bertz CT molecular complexity index is 260. The highest BCUT2D eigenvalue weighted by Gasteiger charge is 2.16. The molecule has 0 saturated carbocycles. The van der Waals surface area contributed by atoms with Gasteiger partial charge in [-0.15, -0.1) is 0 Å². The van der Waals surface area contributed by atoms with Gasteiger partial charge in [-0.3, -0.25) is 0 Å². The average Bonchev–Trinajstić information content (AvgIpc) is 2.08. The number of nitrogens with zero attached hydrogens (tertiary/aromatic N) is 2. The molecule has 1 aromatic heterocycles. The van der Waals surface area contributed by atoms with Crippen molar-refractivity contribution in [1.29, 1.82) is 0 Å². The molecule has 0 saturated heterocycles. The summed E-state index contributed by atoms with van der Waals surface area (Å²) in [6, 6.07) is 0. The van der Waals surface area contributed by atoms with Gasteiger partial charge in [-0.1, -0.05) is 0 Å². The standard InChI is InChI=1S/C7H10I2N2/c1-7(2,3)11-4-5(8)10-6(11)9/h4H,1-3H3. The van der Waals surface area contributed by atoms with Crippen molar-refractivity contribution in [2.45, 2.75) is 26.3 Å². The minimum atomic E-state index is 0.146. The molecule has 1 rings (SSSR count). The molecule has 0 N–H and O–H groups in total. The Hall–Kier alpha value is 0.670. The van der Waals surface area contributed by atoms with Crippen LogP contribution in [0.2, 0.25) is 0 Å². The smallest absolute Gasteiger partial charge is 0.172 e. The molecule has 0 unspecified atom stereocenters. The van der Waals surface area contributed by atoms with Crippen LogP contribution >= 0.6 is 45.2 Å². The van der Waals surface area contributed by atoms with Crippen molar-refractivity contribution in [3.63, 3.8) is 0 Å². The van der Waals surface area contributed by atoms with E-state index in [4.69, 9.17) is 0 Å². The number of halogens is 2. The van der Waals surface area contributed by atoms with Crippen LogP contribution in [0.1, 0.15) is 20.8 Å². The Morgan fingerprint density at radius 1 is 1.36 bits per heavy atom. The summed E-state index contributed by atoms with van der Waals surface area (Å²) in [6.07, 6.45) is 2.07. The van der Waals surface area contributed by atoms with Gasteiger partial charge in [-0.2, -0.15) is 0 Å². The van der Waals surface area contributed by atoms with E-state index in [9.17, 15) is 0 Å². The number of aromatic nitrogens is 2. The van der Waals surface area contributed by atoms with Crippen LogP contribution < -0.4 is 0 Å². The summed E-state index contributed by atoms with van der Waals surface area (Å²) in [6.45, 7) is 6.52. The summed E-state index contributed by atoms with van der Waals surface area (Å²) < 4.78 is 4.29. The zero-order valence-electron chi connectivity index (χ0n) is 6.73. The van der Waals surface area contributed by atoms with Gasteiger partial charge in [0, 0.05) is 11.7 Å². The van der Waals surface area contributed by atoms with Crippen molar-refractivity contribution in [3.8, 4) is 0 Å². The van der Waals surface area contributed by atoms with Gasteiger partial charge >= 0.3 is 0 Å². The minimum Gasteiger partial charge on any atom is -0.320 e. The summed E-state index contributed by atoms with van der Waals surface area (Å²) in [5, 5.41) is 0. The maximum atomic E-state index is 4.31. The topological polar surface area (TPSA) is 17.8 Å². The molecule has 0 aliphatic heterocycles. The number of imidazole rings is 1. The third kappa shape index (κ3) is 2.30. The average molecular weight is 376 g/mol. The van der Waals surface area contributed by atoms with Gasteiger partial charge in [0.2, 0.25) is 0 Å². The van der Waals surface area contributed by atoms with Crippen molar-refractivity contribution < 1.29 is 0 Å². The first-order chi connectivity index (χ1) is 4.91. The van der Waals surface area contributed by atoms with Gasteiger partial charge in [-0.05, 0) is 66.0 Å². The number of hydrogen-bond acceptors (Lipinski definition) is 1. The SMILES string of the molecule is CC(C)(C)n1cc(I)nc1I. The molecule has 2 nitrogen and oxygen atoms in total. The van der Waals surface area contributed by atoms with Gasteiger partial charge in [0.25, 0.3) is 0 Å². The highest BCUT2D eigenvalue weighted by atomic mass is 127. The summed E-state index contributed by atoms with van der Waals surface area (Å²) in [4.78, 5) is 4.31. The molecule has 0 fully saturated rings. The van der Waals surface area contributed by atoms with E-state index >= 15 is 0 Å². The molecule has 1 aromatic rings. The Labute approximate surface area is 94.1 Å². The molecule has 0 aliphatic carbocycles. The van der Waals surface area contributed by atoms with E-state index < -0.39 is 0 Å². The highest BCUT2D eigenvalue weighted by Crippen LogP contribution is 2.19. The summed E-state index contributed by atoms with van der Waals surface area (Å²) in [5.41, 5.74) is 0.146. The van der Waals surface area contributed by atoms with Crippen LogP contribution in [0.5, 0.6) is 0 Å². The monoisotopic (exact) mass is 376 g/mol. The van der Waals surface area contributed by atoms with Crippen molar-refractivity contribution in [2.75, 3.05) is 0 Å².